The molecule has 2 atom stereocenters. The molecule has 1 aromatic carbocycles. The first-order chi connectivity index (χ1) is 7.91. The predicted molar refractivity (Wildman–Crippen MR) is 65.6 cm³/mol. The molecule has 2 rings (SSSR count). The summed E-state index contributed by atoms with van der Waals surface area (Å²) in [6, 6.07) is 6.13. The third-order valence-electron chi connectivity index (χ3n) is 3.38. The quantitative estimate of drug-likeness (QED) is 0.473. The van der Waals surface area contributed by atoms with Crippen LogP contribution in [-0.4, -0.2) is 16.4 Å². The number of rotatable bonds is 3. The van der Waals surface area contributed by atoms with Crippen molar-refractivity contribution in [2.45, 2.75) is 31.7 Å². The van der Waals surface area contributed by atoms with Crippen LogP contribution in [0.4, 0.5) is 5.69 Å². The summed E-state index contributed by atoms with van der Waals surface area (Å²) in [5.74, 6) is 0.650. The Morgan fingerprint density at radius 1 is 1.41 bits per heavy atom. The third-order valence-corrected chi connectivity index (χ3v) is 4.12. The van der Waals surface area contributed by atoms with E-state index in [2.05, 4.69) is 13.8 Å². The minimum Gasteiger partial charge on any atom is -0.490 e. The highest BCUT2D eigenvalue weighted by Gasteiger charge is 2.49. The van der Waals surface area contributed by atoms with Gasteiger partial charge in [-0.25, -0.2) is 0 Å². The van der Waals surface area contributed by atoms with Gasteiger partial charge in [-0.1, -0.05) is 13.8 Å². The molecule has 0 radical (unpaired) electrons. The van der Waals surface area contributed by atoms with Crippen LogP contribution in [0.15, 0.2) is 24.3 Å². The molecule has 0 aliphatic heterocycles. The number of benzene rings is 1. The van der Waals surface area contributed by atoms with Gasteiger partial charge >= 0.3 is 0 Å². The number of nitrogens with zero attached hydrogens (tertiary/aromatic N) is 1. The second-order valence-corrected chi connectivity index (χ2v) is 5.41. The van der Waals surface area contributed by atoms with Crippen LogP contribution in [0.25, 0.3) is 0 Å². The Bertz CT molecular complexity index is 430. The number of halogens is 1. The van der Waals surface area contributed by atoms with Gasteiger partial charge in [-0.05, 0) is 12.1 Å². The van der Waals surface area contributed by atoms with Gasteiger partial charge in [0.1, 0.15) is 11.9 Å². The van der Waals surface area contributed by atoms with Crippen molar-refractivity contribution in [3.63, 3.8) is 0 Å². The lowest BCUT2D eigenvalue weighted by Gasteiger charge is -2.48. The molecule has 0 amide bonds. The summed E-state index contributed by atoms with van der Waals surface area (Å²) in [4.78, 5) is 10.1. The maximum atomic E-state index is 10.5. The first-order valence-corrected chi connectivity index (χ1v) is 5.90. The molecule has 0 N–H and O–H groups in total. The monoisotopic (exact) mass is 255 g/mol. The highest BCUT2D eigenvalue weighted by molar-refractivity contribution is 6.21. The topological polar surface area (TPSA) is 52.4 Å². The normalized spacial score (nSPS) is 26.1. The third kappa shape index (κ3) is 2.22. The van der Waals surface area contributed by atoms with E-state index in [0.717, 1.165) is 6.42 Å². The van der Waals surface area contributed by atoms with Crippen molar-refractivity contribution in [3.05, 3.63) is 34.4 Å². The summed E-state index contributed by atoms with van der Waals surface area (Å²) < 4.78 is 5.76. The number of alkyl halides is 1. The lowest BCUT2D eigenvalue weighted by atomic mass is 9.68. The Morgan fingerprint density at radius 2 is 2.00 bits per heavy atom. The maximum Gasteiger partial charge on any atom is 0.269 e. The number of non-ortho nitro benzene ring substituents is 1. The molecule has 0 aromatic heterocycles. The Morgan fingerprint density at radius 3 is 2.41 bits per heavy atom. The van der Waals surface area contributed by atoms with Crippen molar-refractivity contribution in [2.24, 2.45) is 5.41 Å². The van der Waals surface area contributed by atoms with Gasteiger partial charge in [0.25, 0.3) is 5.69 Å². The summed E-state index contributed by atoms with van der Waals surface area (Å²) >= 11 is 6.10. The molecular weight excluding hydrogens is 242 g/mol. The fourth-order valence-corrected chi connectivity index (χ4v) is 2.15. The molecule has 1 aliphatic carbocycles. The van der Waals surface area contributed by atoms with Gasteiger partial charge in [-0.3, -0.25) is 10.1 Å². The van der Waals surface area contributed by atoms with Crippen molar-refractivity contribution in [1.29, 1.82) is 0 Å². The molecule has 5 heteroatoms. The molecule has 1 saturated carbocycles. The zero-order chi connectivity index (χ0) is 12.6. The summed E-state index contributed by atoms with van der Waals surface area (Å²) in [6.45, 7) is 4.12. The smallest absolute Gasteiger partial charge is 0.269 e. The highest BCUT2D eigenvalue weighted by Crippen LogP contribution is 2.46. The van der Waals surface area contributed by atoms with Crippen LogP contribution in [0.3, 0.4) is 0 Å². The van der Waals surface area contributed by atoms with Crippen molar-refractivity contribution in [1.82, 2.24) is 0 Å². The van der Waals surface area contributed by atoms with Crippen LogP contribution < -0.4 is 4.74 Å². The SMILES string of the molecule is CC1(C)C(Cl)CC1Oc1ccc([N+](=O)[O-])cc1. The summed E-state index contributed by atoms with van der Waals surface area (Å²) in [6.07, 6.45) is 0.886. The van der Waals surface area contributed by atoms with Gasteiger partial charge in [0.05, 0.1) is 4.92 Å². The van der Waals surface area contributed by atoms with Crippen LogP contribution in [0, 0.1) is 15.5 Å². The molecule has 2 unspecified atom stereocenters. The average Bonchev–Trinajstić information content (AvgIpc) is 2.29. The largest absolute Gasteiger partial charge is 0.490 e. The Labute approximate surface area is 105 Å². The zero-order valence-corrected chi connectivity index (χ0v) is 10.5. The van der Waals surface area contributed by atoms with Gasteiger partial charge in [0, 0.05) is 29.3 Å². The molecular formula is C12H14ClNO3. The summed E-state index contributed by atoms with van der Waals surface area (Å²) in [5.41, 5.74) is 0.0176. The van der Waals surface area contributed by atoms with Crippen LogP contribution >= 0.6 is 11.6 Å². The van der Waals surface area contributed by atoms with E-state index in [-0.39, 0.29) is 22.6 Å². The van der Waals surface area contributed by atoms with Crippen LogP contribution in [0.5, 0.6) is 5.75 Å². The van der Waals surface area contributed by atoms with E-state index in [1.807, 2.05) is 0 Å². The van der Waals surface area contributed by atoms with E-state index in [9.17, 15) is 10.1 Å². The second-order valence-electron chi connectivity index (χ2n) is 4.88. The van der Waals surface area contributed by atoms with Gasteiger partial charge < -0.3 is 4.74 Å². The van der Waals surface area contributed by atoms with Gasteiger partial charge in [0.15, 0.2) is 0 Å². The zero-order valence-electron chi connectivity index (χ0n) is 9.72. The molecule has 0 spiro atoms. The minimum atomic E-state index is -0.425. The summed E-state index contributed by atoms with van der Waals surface area (Å²) in [7, 11) is 0. The molecule has 0 bridgehead atoms. The minimum absolute atomic E-state index is 0.0523. The van der Waals surface area contributed by atoms with Crippen LogP contribution in [0.2, 0.25) is 0 Å². The lowest BCUT2D eigenvalue weighted by molar-refractivity contribution is -0.384. The molecule has 1 aromatic rings. The standard InChI is InChI=1S/C12H14ClNO3/c1-12(2)10(13)7-11(12)17-9-5-3-8(4-6-9)14(15)16/h3-6,10-11H,7H2,1-2H3. The van der Waals surface area contributed by atoms with Crippen molar-refractivity contribution < 1.29 is 9.66 Å². The molecule has 92 valence electrons. The summed E-state index contributed by atoms with van der Waals surface area (Å²) in [5, 5.41) is 10.6. The van der Waals surface area contributed by atoms with Crippen molar-refractivity contribution >= 4 is 17.3 Å². The number of nitro groups is 1. The second kappa shape index (κ2) is 4.18. The van der Waals surface area contributed by atoms with Gasteiger partial charge in [-0.2, -0.15) is 0 Å². The number of ether oxygens (including phenoxy) is 1. The number of hydrogen-bond acceptors (Lipinski definition) is 3. The predicted octanol–water partition coefficient (Wildman–Crippen LogP) is 3.38. The maximum absolute atomic E-state index is 10.5. The molecule has 1 fully saturated rings. The van der Waals surface area contributed by atoms with Crippen LogP contribution in [-0.2, 0) is 0 Å². The molecule has 0 saturated heterocycles. The van der Waals surface area contributed by atoms with Gasteiger partial charge in [-0.15, -0.1) is 11.6 Å². The molecule has 17 heavy (non-hydrogen) atoms. The van der Waals surface area contributed by atoms with Crippen LogP contribution in [0.1, 0.15) is 20.3 Å². The number of hydrogen-bond donors (Lipinski definition) is 0. The van der Waals surface area contributed by atoms with E-state index < -0.39 is 4.92 Å². The first-order valence-electron chi connectivity index (χ1n) is 5.46. The lowest BCUT2D eigenvalue weighted by Crippen LogP contribution is -2.53. The molecule has 1 aliphatic rings. The molecule has 4 nitrogen and oxygen atoms in total. The van der Waals surface area contributed by atoms with Crippen molar-refractivity contribution in [2.75, 3.05) is 0 Å². The Kier molecular flexibility index (Phi) is 3.00. The fraction of sp³-hybridized carbons (Fsp3) is 0.500. The number of nitro benzene ring substituents is 1. The van der Waals surface area contributed by atoms with Gasteiger partial charge in [0.2, 0.25) is 0 Å². The van der Waals surface area contributed by atoms with Crippen molar-refractivity contribution in [3.8, 4) is 5.75 Å². The molecule has 0 heterocycles. The first kappa shape index (κ1) is 12.2. The highest BCUT2D eigenvalue weighted by atomic mass is 35.5. The van der Waals surface area contributed by atoms with E-state index in [1.165, 1.54) is 12.1 Å². The Hall–Kier alpha value is -1.29. The average molecular weight is 256 g/mol. The van der Waals surface area contributed by atoms with E-state index in [4.69, 9.17) is 16.3 Å². The Balaban J connectivity index is 2.03. The fourth-order valence-electron chi connectivity index (χ4n) is 1.85. The van der Waals surface area contributed by atoms with E-state index >= 15 is 0 Å². The van der Waals surface area contributed by atoms with E-state index in [0.29, 0.717) is 5.75 Å². The van der Waals surface area contributed by atoms with E-state index in [1.54, 1.807) is 12.1 Å².